The molecule has 2 N–H and O–H groups in total. The highest BCUT2D eigenvalue weighted by molar-refractivity contribution is 7.21. The van der Waals surface area contributed by atoms with Crippen LogP contribution in [0, 0.1) is 5.82 Å². The van der Waals surface area contributed by atoms with Gasteiger partial charge in [0.1, 0.15) is 16.2 Å². The summed E-state index contributed by atoms with van der Waals surface area (Å²) in [7, 11) is 0. The summed E-state index contributed by atoms with van der Waals surface area (Å²) in [6.07, 6.45) is 2.70. The first-order valence-electron chi connectivity index (χ1n) is 8.48. The van der Waals surface area contributed by atoms with Crippen LogP contribution in [0.1, 0.15) is 20.3 Å². The largest absolute Gasteiger partial charge is 0.359 e. The highest BCUT2D eigenvalue weighted by atomic mass is 32.1. The summed E-state index contributed by atoms with van der Waals surface area (Å²) in [5, 5.41) is 11.2. The van der Waals surface area contributed by atoms with Gasteiger partial charge in [0.05, 0.1) is 17.6 Å². The van der Waals surface area contributed by atoms with E-state index in [1.807, 2.05) is 12.1 Å². The Morgan fingerprint density at radius 2 is 2.00 bits per heavy atom. The lowest BCUT2D eigenvalue weighted by atomic mass is 10.1. The van der Waals surface area contributed by atoms with Crippen LogP contribution in [0.2, 0.25) is 0 Å². The Labute approximate surface area is 154 Å². The summed E-state index contributed by atoms with van der Waals surface area (Å²) in [6.45, 7) is 4.25. The van der Waals surface area contributed by atoms with E-state index in [4.69, 9.17) is 4.98 Å². The molecule has 0 fully saturated rings. The fraction of sp³-hybridized carbons (Fsp3) is 0.211. The summed E-state index contributed by atoms with van der Waals surface area (Å²) < 4.78 is 14.2. The molecule has 4 aromatic rings. The minimum absolute atomic E-state index is 0.295. The fourth-order valence-electron chi connectivity index (χ4n) is 2.69. The number of hydrogen-bond donors (Lipinski definition) is 2. The van der Waals surface area contributed by atoms with Crippen LogP contribution < -0.4 is 5.32 Å². The van der Waals surface area contributed by atoms with Crippen molar-refractivity contribution < 1.29 is 4.39 Å². The molecule has 1 aromatic carbocycles. The van der Waals surface area contributed by atoms with Crippen molar-refractivity contribution in [3.05, 3.63) is 48.4 Å². The van der Waals surface area contributed by atoms with Gasteiger partial charge in [-0.2, -0.15) is 5.10 Å². The first-order chi connectivity index (χ1) is 12.7. The zero-order valence-corrected chi connectivity index (χ0v) is 15.3. The summed E-state index contributed by atoms with van der Waals surface area (Å²) in [5.41, 5.74) is 3.45. The molecule has 0 bridgehead atoms. The topological polar surface area (TPSA) is 66.5 Å². The number of nitrogens with zero attached hydrogens (tertiary/aromatic N) is 3. The maximum absolute atomic E-state index is 14.2. The molecule has 7 heteroatoms. The second-order valence-electron chi connectivity index (χ2n) is 6.13. The molecule has 0 unspecified atom stereocenters. The summed E-state index contributed by atoms with van der Waals surface area (Å²) >= 11 is 1.52. The molecule has 0 saturated carbocycles. The number of aromatic nitrogens is 4. The van der Waals surface area contributed by atoms with Crippen LogP contribution in [-0.4, -0.2) is 26.2 Å². The third kappa shape index (κ3) is 3.06. The monoisotopic (exact) mass is 367 g/mol. The average molecular weight is 367 g/mol. The number of aromatic amines is 1. The van der Waals surface area contributed by atoms with Crippen molar-refractivity contribution >= 4 is 26.8 Å². The Hall–Kier alpha value is -2.80. The second kappa shape index (κ2) is 6.84. The van der Waals surface area contributed by atoms with E-state index >= 15 is 0 Å². The van der Waals surface area contributed by atoms with Gasteiger partial charge in [-0.3, -0.25) is 5.10 Å². The fourth-order valence-corrected chi connectivity index (χ4v) is 3.64. The Kier molecular flexibility index (Phi) is 4.38. The van der Waals surface area contributed by atoms with E-state index < -0.39 is 0 Å². The molecule has 0 spiro atoms. The first-order valence-corrected chi connectivity index (χ1v) is 9.30. The lowest BCUT2D eigenvalue weighted by Crippen LogP contribution is -2.12. The highest BCUT2D eigenvalue weighted by Gasteiger charge is 2.16. The third-order valence-corrected chi connectivity index (χ3v) is 5.19. The number of fused-ring (bicyclic) bond motifs is 1. The Morgan fingerprint density at radius 1 is 1.15 bits per heavy atom. The minimum atomic E-state index is -0.295. The number of benzene rings is 1. The molecule has 3 heterocycles. The van der Waals surface area contributed by atoms with Gasteiger partial charge in [-0.25, -0.2) is 14.4 Å². The zero-order chi connectivity index (χ0) is 18.1. The molecule has 0 amide bonds. The number of H-pyrrole nitrogens is 1. The molecular formula is C19H18FN5S. The van der Waals surface area contributed by atoms with Gasteiger partial charge in [0.2, 0.25) is 0 Å². The van der Waals surface area contributed by atoms with Gasteiger partial charge in [-0.15, -0.1) is 0 Å². The van der Waals surface area contributed by atoms with Gasteiger partial charge in [0, 0.05) is 17.2 Å². The SMILES string of the molecule is CC[C@@H](C)Nc1nc2ccc(-c3cn[nH]c3-c3ccccc3F)nc2s1. The van der Waals surface area contributed by atoms with Crippen LogP contribution in [0.15, 0.2) is 42.6 Å². The molecule has 1 atom stereocenters. The minimum Gasteiger partial charge on any atom is -0.359 e. The van der Waals surface area contributed by atoms with Crippen LogP contribution in [0.4, 0.5) is 9.52 Å². The molecule has 0 aliphatic heterocycles. The van der Waals surface area contributed by atoms with E-state index in [-0.39, 0.29) is 5.82 Å². The Balaban J connectivity index is 1.74. The van der Waals surface area contributed by atoms with E-state index in [0.717, 1.165) is 33.2 Å². The molecule has 0 aliphatic rings. The smallest absolute Gasteiger partial charge is 0.185 e. The van der Waals surface area contributed by atoms with E-state index in [1.165, 1.54) is 17.4 Å². The van der Waals surface area contributed by atoms with Gasteiger partial charge in [0.15, 0.2) is 5.13 Å². The number of pyridine rings is 1. The summed E-state index contributed by atoms with van der Waals surface area (Å²) in [4.78, 5) is 10.1. The Bertz CT molecular complexity index is 1050. The lowest BCUT2D eigenvalue weighted by molar-refractivity contribution is 0.630. The molecule has 5 nitrogen and oxygen atoms in total. The molecule has 4 rings (SSSR count). The molecule has 3 aromatic heterocycles. The van der Waals surface area contributed by atoms with Gasteiger partial charge in [0.25, 0.3) is 0 Å². The summed E-state index contributed by atoms with van der Waals surface area (Å²) in [6, 6.07) is 10.8. The number of nitrogens with one attached hydrogen (secondary N) is 2. The number of anilines is 1. The van der Waals surface area contributed by atoms with Crippen molar-refractivity contribution in [3.63, 3.8) is 0 Å². The highest BCUT2D eigenvalue weighted by Crippen LogP contribution is 2.33. The van der Waals surface area contributed by atoms with Crippen LogP contribution in [0.3, 0.4) is 0 Å². The van der Waals surface area contributed by atoms with E-state index in [9.17, 15) is 4.39 Å². The van der Waals surface area contributed by atoms with E-state index in [2.05, 4.69) is 34.3 Å². The quantitative estimate of drug-likeness (QED) is 0.515. The molecular weight excluding hydrogens is 349 g/mol. The molecule has 0 aliphatic carbocycles. The number of thiazole rings is 1. The van der Waals surface area contributed by atoms with Gasteiger partial charge in [-0.05, 0) is 37.6 Å². The van der Waals surface area contributed by atoms with E-state index in [1.54, 1.807) is 24.4 Å². The van der Waals surface area contributed by atoms with Crippen LogP contribution >= 0.6 is 11.3 Å². The maximum Gasteiger partial charge on any atom is 0.185 e. The second-order valence-corrected chi connectivity index (χ2v) is 7.11. The van der Waals surface area contributed by atoms with Crippen molar-refractivity contribution in [2.24, 2.45) is 0 Å². The normalized spacial score (nSPS) is 12.4. The van der Waals surface area contributed by atoms with Crippen LogP contribution in [0.25, 0.3) is 32.9 Å². The maximum atomic E-state index is 14.2. The average Bonchev–Trinajstić information content (AvgIpc) is 3.27. The van der Waals surface area contributed by atoms with Crippen LogP contribution in [-0.2, 0) is 0 Å². The standard InChI is InChI=1S/C19H18FN5S/c1-3-11(2)22-19-24-16-9-8-15(23-18(16)26-19)13-10-21-25-17(13)12-6-4-5-7-14(12)20/h4-11H,3H2,1-2H3,(H,21,25)(H,22,24)/t11-/m1/s1. The van der Waals surface area contributed by atoms with Gasteiger partial charge in [-0.1, -0.05) is 30.4 Å². The molecule has 26 heavy (non-hydrogen) atoms. The van der Waals surface area contributed by atoms with Gasteiger partial charge >= 0.3 is 0 Å². The van der Waals surface area contributed by atoms with Crippen molar-refractivity contribution in [2.45, 2.75) is 26.3 Å². The Morgan fingerprint density at radius 3 is 2.81 bits per heavy atom. The molecule has 0 saturated heterocycles. The summed E-state index contributed by atoms with van der Waals surface area (Å²) in [5.74, 6) is -0.295. The predicted octanol–water partition coefficient (Wildman–Crippen LogP) is 5.10. The van der Waals surface area contributed by atoms with Crippen molar-refractivity contribution in [2.75, 3.05) is 5.32 Å². The van der Waals surface area contributed by atoms with Gasteiger partial charge < -0.3 is 5.32 Å². The van der Waals surface area contributed by atoms with Crippen molar-refractivity contribution in [1.82, 2.24) is 20.2 Å². The third-order valence-electron chi connectivity index (χ3n) is 4.30. The predicted molar refractivity (Wildman–Crippen MR) is 104 cm³/mol. The van der Waals surface area contributed by atoms with Crippen LogP contribution in [0.5, 0.6) is 0 Å². The molecule has 0 radical (unpaired) electrons. The lowest BCUT2D eigenvalue weighted by Gasteiger charge is -2.08. The number of halogens is 1. The van der Waals surface area contributed by atoms with Crippen molar-refractivity contribution in [3.8, 4) is 22.5 Å². The number of rotatable bonds is 5. The van der Waals surface area contributed by atoms with Crippen molar-refractivity contribution in [1.29, 1.82) is 0 Å². The number of hydrogen-bond acceptors (Lipinski definition) is 5. The zero-order valence-electron chi connectivity index (χ0n) is 14.5. The molecule has 132 valence electrons. The first kappa shape index (κ1) is 16.7. The van der Waals surface area contributed by atoms with E-state index in [0.29, 0.717) is 17.3 Å².